The van der Waals surface area contributed by atoms with Gasteiger partial charge < -0.3 is 9.13 Å². The zero-order valence-electron chi connectivity index (χ0n) is 32.4. The molecule has 0 unspecified atom stereocenters. The maximum absolute atomic E-state index is 11.7. The van der Waals surface area contributed by atoms with Crippen molar-refractivity contribution < 1.29 is 0 Å². The Balaban J connectivity index is 1.32. The average molecular weight is 792 g/mol. The Bertz CT molecular complexity index is 3980. The molecule has 0 N–H and O–H groups in total. The topological polar surface area (TPSA) is 50.9 Å². The van der Waals surface area contributed by atoms with Crippen LogP contribution < -0.4 is 0 Å². The van der Waals surface area contributed by atoms with E-state index in [2.05, 4.69) is 140 Å². The lowest BCUT2D eigenvalue weighted by Gasteiger charge is -2.25. The molecular formula is C55H29N5S. The summed E-state index contributed by atoms with van der Waals surface area (Å²) in [5, 5.41) is 23.1. The van der Waals surface area contributed by atoms with E-state index >= 15 is 0 Å². The van der Waals surface area contributed by atoms with Crippen molar-refractivity contribution in [2.45, 2.75) is 0 Å². The number of benzene rings is 9. The quantitative estimate of drug-likeness (QED) is 0.132. The number of aromatic nitrogens is 3. The highest BCUT2D eigenvalue weighted by Crippen LogP contribution is 2.53. The molecule has 0 aliphatic heterocycles. The molecule has 0 saturated carbocycles. The lowest BCUT2D eigenvalue weighted by atomic mass is 9.88. The number of rotatable bonds is 4. The standard InChI is InChI=1S/C55H29N5S/c1-57-53-49(32-14-4-2-5-15-32)41(30-56)54(59-43-22-10-8-18-35(43)39-29-48-40(28-46(39)59)36-19-9-11-25-47(36)61-48)50(33-16-6-3-7-17-33)55(53)60-44-23-12-20-37-34-26-27-58-31-42(34)38-21-13-24-45(60)52(38)51(37)44/h2-29,31H. The zero-order valence-corrected chi connectivity index (χ0v) is 33.2. The van der Waals surface area contributed by atoms with E-state index in [1.165, 1.54) is 20.2 Å². The molecule has 0 atom stereocenters. The van der Waals surface area contributed by atoms with Gasteiger partial charge in [0.15, 0.2) is 0 Å². The average Bonchev–Trinajstić information content (AvgIpc) is 3.97. The Kier molecular flexibility index (Phi) is 6.96. The van der Waals surface area contributed by atoms with Crippen molar-refractivity contribution in [2.75, 3.05) is 0 Å². The van der Waals surface area contributed by atoms with Gasteiger partial charge in [-0.05, 0) is 69.8 Å². The maximum Gasteiger partial charge on any atom is 0.220 e. The first kappa shape index (κ1) is 33.7. The zero-order chi connectivity index (χ0) is 40.3. The summed E-state index contributed by atoms with van der Waals surface area (Å²) in [6.45, 7) is 9.17. The van der Waals surface area contributed by atoms with Crippen molar-refractivity contribution in [1.29, 1.82) is 5.26 Å². The number of hydrogen-bond donors (Lipinski definition) is 0. The predicted octanol–water partition coefficient (Wildman–Crippen LogP) is 15.1. The number of nitriles is 1. The summed E-state index contributed by atoms with van der Waals surface area (Å²) >= 11 is 1.81. The molecule has 5 nitrogen and oxygen atoms in total. The summed E-state index contributed by atoms with van der Waals surface area (Å²) in [6, 6.07) is 59.9. The Morgan fingerprint density at radius 3 is 1.82 bits per heavy atom. The Morgan fingerprint density at radius 2 is 1.10 bits per heavy atom. The third kappa shape index (κ3) is 4.49. The monoisotopic (exact) mass is 791 g/mol. The van der Waals surface area contributed by atoms with Crippen molar-refractivity contribution in [1.82, 2.24) is 14.1 Å². The van der Waals surface area contributed by atoms with Crippen LogP contribution in [0.15, 0.2) is 176 Å². The molecular weight excluding hydrogens is 763 g/mol. The highest BCUT2D eigenvalue weighted by atomic mass is 32.1. The second-order valence-corrected chi connectivity index (χ2v) is 16.7. The van der Waals surface area contributed by atoms with E-state index in [1.54, 1.807) is 11.3 Å². The maximum atomic E-state index is 11.7. The lowest BCUT2D eigenvalue weighted by Crippen LogP contribution is -2.08. The summed E-state index contributed by atoms with van der Waals surface area (Å²) in [6.07, 6.45) is 3.83. The Hall–Kier alpha value is -8.29. The third-order valence-electron chi connectivity index (χ3n) is 12.6. The SMILES string of the molecule is [C-]#[N+]c1c(-c2ccccc2)c(C#N)c(-n2c3ccccc3c3cc4sc5ccccc5c4cc32)c(-c2ccccc2)c1-n1c2cccc3c4ccncc4c4cccc1c4c32. The third-order valence-corrected chi connectivity index (χ3v) is 13.7. The molecule has 0 saturated heterocycles. The van der Waals surface area contributed by atoms with Crippen LogP contribution in [0.4, 0.5) is 5.69 Å². The first-order chi connectivity index (χ1) is 30.2. The van der Waals surface area contributed by atoms with E-state index in [9.17, 15) is 11.8 Å². The van der Waals surface area contributed by atoms with Crippen LogP contribution in [0.2, 0.25) is 0 Å². The lowest BCUT2D eigenvalue weighted by molar-refractivity contribution is 1.13. The Labute approximate surface area is 353 Å². The molecule has 4 heterocycles. The minimum atomic E-state index is 0.422. The molecule has 0 bridgehead atoms. The van der Waals surface area contributed by atoms with Gasteiger partial charge in [-0.1, -0.05) is 121 Å². The van der Waals surface area contributed by atoms with Crippen LogP contribution in [-0.2, 0) is 0 Å². The van der Waals surface area contributed by atoms with Crippen LogP contribution in [0.5, 0.6) is 0 Å². The van der Waals surface area contributed by atoms with Gasteiger partial charge in [-0.3, -0.25) is 4.98 Å². The highest BCUT2D eigenvalue weighted by Gasteiger charge is 2.32. The molecule has 4 aromatic heterocycles. The van der Waals surface area contributed by atoms with Crippen molar-refractivity contribution in [3.05, 3.63) is 193 Å². The van der Waals surface area contributed by atoms with Crippen LogP contribution in [0.25, 0.3) is 124 Å². The molecule has 0 aliphatic carbocycles. The Morgan fingerprint density at radius 1 is 0.492 bits per heavy atom. The number of para-hydroxylation sites is 1. The predicted molar refractivity (Wildman–Crippen MR) is 254 cm³/mol. The summed E-state index contributed by atoms with van der Waals surface area (Å²) in [5.74, 6) is 0. The van der Waals surface area contributed by atoms with Gasteiger partial charge in [0.25, 0.3) is 0 Å². The van der Waals surface area contributed by atoms with E-state index in [1.807, 2.05) is 60.9 Å². The number of fused-ring (bicyclic) bond motifs is 9. The molecule has 0 aliphatic rings. The minimum Gasteiger partial charge on any atom is -0.318 e. The number of nitrogens with zero attached hydrogens (tertiary/aromatic N) is 5. The van der Waals surface area contributed by atoms with Gasteiger partial charge in [0.2, 0.25) is 5.69 Å². The van der Waals surface area contributed by atoms with Crippen LogP contribution in [0.3, 0.4) is 0 Å². The van der Waals surface area contributed by atoms with Crippen molar-refractivity contribution in [3.63, 3.8) is 0 Å². The van der Waals surface area contributed by atoms with E-state index in [0.717, 1.165) is 93.2 Å². The highest BCUT2D eigenvalue weighted by molar-refractivity contribution is 7.25. The molecule has 6 heteroatoms. The largest absolute Gasteiger partial charge is 0.318 e. The van der Waals surface area contributed by atoms with Crippen LogP contribution in [-0.4, -0.2) is 14.1 Å². The second-order valence-electron chi connectivity index (χ2n) is 15.6. The molecule has 61 heavy (non-hydrogen) atoms. The van der Waals surface area contributed by atoms with Gasteiger partial charge in [0.1, 0.15) is 6.07 Å². The summed E-state index contributed by atoms with van der Waals surface area (Å²) in [5.41, 5.74) is 9.45. The van der Waals surface area contributed by atoms with E-state index < -0.39 is 0 Å². The van der Waals surface area contributed by atoms with Crippen molar-refractivity contribution >= 4 is 102 Å². The smallest absolute Gasteiger partial charge is 0.220 e. The summed E-state index contributed by atoms with van der Waals surface area (Å²) in [7, 11) is 0. The van der Waals surface area contributed by atoms with Crippen LogP contribution >= 0.6 is 11.3 Å². The number of thiophene rings is 1. The molecule has 0 spiro atoms. The molecule has 0 amide bonds. The first-order valence-electron chi connectivity index (χ1n) is 20.2. The second kappa shape index (κ2) is 12.6. The van der Waals surface area contributed by atoms with Gasteiger partial charge in [-0.25, -0.2) is 4.85 Å². The fourth-order valence-corrected chi connectivity index (χ4v) is 11.3. The van der Waals surface area contributed by atoms with E-state index in [0.29, 0.717) is 16.8 Å². The summed E-state index contributed by atoms with van der Waals surface area (Å²) < 4.78 is 7.07. The van der Waals surface area contributed by atoms with E-state index in [-0.39, 0.29) is 0 Å². The van der Waals surface area contributed by atoms with Crippen molar-refractivity contribution in [2.24, 2.45) is 0 Å². The van der Waals surface area contributed by atoms with Gasteiger partial charge in [-0.2, -0.15) is 5.26 Å². The molecule has 0 fully saturated rings. The van der Waals surface area contributed by atoms with Gasteiger partial charge in [-0.15, -0.1) is 11.3 Å². The van der Waals surface area contributed by atoms with Gasteiger partial charge >= 0.3 is 0 Å². The fourth-order valence-electron chi connectivity index (χ4n) is 10.2. The minimum absolute atomic E-state index is 0.422. The number of hydrogen-bond acceptors (Lipinski definition) is 3. The molecule has 9 aromatic carbocycles. The van der Waals surface area contributed by atoms with Crippen molar-refractivity contribution in [3.8, 4) is 39.7 Å². The van der Waals surface area contributed by atoms with E-state index in [4.69, 9.17) is 0 Å². The van der Waals surface area contributed by atoms with Crippen LogP contribution in [0, 0.1) is 17.9 Å². The molecule has 0 radical (unpaired) electrons. The first-order valence-corrected chi connectivity index (χ1v) is 21.0. The molecule has 280 valence electrons. The van der Waals surface area contributed by atoms with Crippen LogP contribution in [0.1, 0.15) is 5.56 Å². The number of pyridine rings is 1. The molecule has 13 rings (SSSR count). The van der Waals surface area contributed by atoms with Gasteiger partial charge in [0.05, 0.1) is 45.6 Å². The fraction of sp³-hybridized carbons (Fsp3) is 0. The van der Waals surface area contributed by atoms with Gasteiger partial charge in [0, 0.05) is 70.6 Å². The normalized spacial score (nSPS) is 11.9. The molecule has 13 aromatic rings. The summed E-state index contributed by atoms with van der Waals surface area (Å²) in [4.78, 5) is 9.06.